The molecule has 1 rings (SSSR count). The molecule has 4 heteroatoms. The minimum Gasteiger partial charge on any atom is -0.376 e. The molecule has 94 valence electrons. The summed E-state index contributed by atoms with van der Waals surface area (Å²) in [5, 5.41) is 2.91. The first-order valence-corrected chi connectivity index (χ1v) is 6.08. The van der Waals surface area contributed by atoms with Gasteiger partial charge in [0.05, 0.1) is 11.1 Å². The van der Waals surface area contributed by atoms with Gasteiger partial charge in [-0.1, -0.05) is 13.3 Å². The van der Waals surface area contributed by atoms with Crippen LogP contribution in [0.15, 0.2) is 0 Å². The molecule has 1 aliphatic carbocycles. The highest BCUT2D eigenvalue weighted by molar-refractivity contribution is 5.85. The van der Waals surface area contributed by atoms with Crippen molar-refractivity contribution in [2.75, 3.05) is 13.7 Å². The number of hydrogen-bond acceptors (Lipinski definition) is 3. The molecule has 0 aromatic heterocycles. The maximum atomic E-state index is 11.9. The van der Waals surface area contributed by atoms with Crippen LogP contribution in [0.4, 0.5) is 0 Å². The number of nitrogens with one attached hydrogen (secondary N) is 1. The topological polar surface area (TPSA) is 64.4 Å². The van der Waals surface area contributed by atoms with Crippen molar-refractivity contribution < 1.29 is 9.53 Å². The molecule has 16 heavy (non-hydrogen) atoms. The van der Waals surface area contributed by atoms with Crippen molar-refractivity contribution in [2.24, 2.45) is 5.73 Å². The molecule has 0 radical (unpaired) electrons. The average Bonchev–Trinajstić information content (AvgIpc) is 2.16. The number of carbonyl (C=O) groups excluding carboxylic acids is 1. The second-order valence-electron chi connectivity index (χ2n) is 5.09. The number of amides is 1. The molecule has 4 nitrogen and oxygen atoms in total. The van der Waals surface area contributed by atoms with Gasteiger partial charge in [-0.3, -0.25) is 4.79 Å². The van der Waals surface area contributed by atoms with Crippen LogP contribution in [0.2, 0.25) is 0 Å². The SMILES string of the molecule is CCCC(C)(N)C(=O)NCC1(OC)CCC1. The minimum atomic E-state index is -0.757. The Kier molecular flexibility index (Phi) is 4.33. The van der Waals surface area contributed by atoms with E-state index in [1.165, 1.54) is 6.42 Å². The van der Waals surface area contributed by atoms with Crippen LogP contribution in [0.5, 0.6) is 0 Å². The van der Waals surface area contributed by atoms with Crippen LogP contribution in [0.3, 0.4) is 0 Å². The molecule has 0 aliphatic heterocycles. The summed E-state index contributed by atoms with van der Waals surface area (Å²) in [4.78, 5) is 11.9. The summed E-state index contributed by atoms with van der Waals surface area (Å²) < 4.78 is 5.44. The smallest absolute Gasteiger partial charge is 0.239 e. The molecule has 1 aliphatic rings. The summed E-state index contributed by atoms with van der Waals surface area (Å²) in [7, 11) is 1.71. The molecule has 0 heterocycles. The molecule has 1 amide bonds. The lowest BCUT2D eigenvalue weighted by Crippen LogP contribution is -2.56. The molecule has 1 atom stereocenters. The quantitative estimate of drug-likeness (QED) is 0.717. The van der Waals surface area contributed by atoms with Crippen LogP contribution in [-0.4, -0.2) is 30.7 Å². The van der Waals surface area contributed by atoms with E-state index in [-0.39, 0.29) is 11.5 Å². The Morgan fingerprint density at radius 2 is 2.19 bits per heavy atom. The maximum absolute atomic E-state index is 11.9. The minimum absolute atomic E-state index is 0.0716. The summed E-state index contributed by atoms with van der Waals surface area (Å²) >= 11 is 0. The van der Waals surface area contributed by atoms with Gasteiger partial charge in [0.2, 0.25) is 5.91 Å². The van der Waals surface area contributed by atoms with Crippen molar-refractivity contribution in [1.82, 2.24) is 5.32 Å². The highest BCUT2D eigenvalue weighted by atomic mass is 16.5. The van der Waals surface area contributed by atoms with E-state index in [0.717, 1.165) is 19.3 Å². The number of rotatable bonds is 6. The molecule has 0 bridgehead atoms. The monoisotopic (exact) mass is 228 g/mol. The van der Waals surface area contributed by atoms with Crippen LogP contribution >= 0.6 is 0 Å². The van der Waals surface area contributed by atoms with Crippen molar-refractivity contribution >= 4 is 5.91 Å². The zero-order valence-electron chi connectivity index (χ0n) is 10.6. The predicted molar refractivity (Wildman–Crippen MR) is 64.1 cm³/mol. The average molecular weight is 228 g/mol. The fourth-order valence-electron chi connectivity index (χ4n) is 2.10. The Morgan fingerprint density at radius 1 is 1.56 bits per heavy atom. The van der Waals surface area contributed by atoms with E-state index in [9.17, 15) is 4.79 Å². The van der Waals surface area contributed by atoms with E-state index in [1.54, 1.807) is 14.0 Å². The van der Waals surface area contributed by atoms with Gasteiger partial charge in [-0.25, -0.2) is 0 Å². The number of nitrogens with two attached hydrogens (primary N) is 1. The highest BCUT2D eigenvalue weighted by Gasteiger charge is 2.38. The fourth-order valence-corrected chi connectivity index (χ4v) is 2.10. The molecular weight excluding hydrogens is 204 g/mol. The van der Waals surface area contributed by atoms with E-state index >= 15 is 0 Å². The number of methoxy groups -OCH3 is 1. The summed E-state index contributed by atoms with van der Waals surface area (Å²) in [6.07, 6.45) is 4.85. The summed E-state index contributed by atoms with van der Waals surface area (Å²) in [6, 6.07) is 0. The standard InChI is InChI=1S/C12H24N2O2/c1-4-6-11(2,13)10(15)14-9-12(16-3)7-5-8-12/h4-9,13H2,1-3H3,(H,14,15). The Bertz CT molecular complexity index is 242. The maximum Gasteiger partial charge on any atom is 0.239 e. The van der Waals surface area contributed by atoms with Gasteiger partial charge in [0.1, 0.15) is 0 Å². The molecule has 0 aromatic carbocycles. The van der Waals surface area contributed by atoms with Gasteiger partial charge in [0.15, 0.2) is 0 Å². The van der Waals surface area contributed by atoms with Gasteiger partial charge >= 0.3 is 0 Å². The molecule has 0 aromatic rings. The third-order valence-electron chi connectivity index (χ3n) is 3.56. The molecule has 1 saturated carbocycles. The molecule has 1 fully saturated rings. The Balaban J connectivity index is 2.40. The van der Waals surface area contributed by atoms with E-state index in [1.807, 2.05) is 6.92 Å². The van der Waals surface area contributed by atoms with Crippen molar-refractivity contribution in [3.63, 3.8) is 0 Å². The molecule has 3 N–H and O–H groups in total. The summed E-state index contributed by atoms with van der Waals surface area (Å²) in [6.45, 7) is 4.39. The van der Waals surface area contributed by atoms with E-state index in [4.69, 9.17) is 10.5 Å². The summed E-state index contributed by atoms with van der Waals surface area (Å²) in [5.74, 6) is -0.0716. The third-order valence-corrected chi connectivity index (χ3v) is 3.56. The normalized spacial score (nSPS) is 22.0. The first-order chi connectivity index (χ1) is 7.46. The van der Waals surface area contributed by atoms with Gasteiger partial charge in [-0.05, 0) is 32.6 Å². The number of hydrogen-bond donors (Lipinski definition) is 2. The zero-order chi connectivity index (χ0) is 12.2. The van der Waals surface area contributed by atoms with Crippen LogP contribution in [0, 0.1) is 0 Å². The van der Waals surface area contributed by atoms with Gasteiger partial charge in [-0.2, -0.15) is 0 Å². The lowest BCUT2D eigenvalue weighted by Gasteiger charge is -2.41. The van der Waals surface area contributed by atoms with Crippen LogP contribution in [0.25, 0.3) is 0 Å². The second kappa shape index (κ2) is 5.15. The van der Waals surface area contributed by atoms with Crippen molar-refractivity contribution in [1.29, 1.82) is 0 Å². The predicted octanol–water partition coefficient (Wildman–Crippen LogP) is 1.19. The Hall–Kier alpha value is -0.610. The second-order valence-corrected chi connectivity index (χ2v) is 5.09. The third kappa shape index (κ3) is 2.95. The molecule has 0 saturated heterocycles. The molecule has 1 unspecified atom stereocenters. The first kappa shape index (κ1) is 13.5. The number of ether oxygens (including phenoxy) is 1. The van der Waals surface area contributed by atoms with Gasteiger partial charge in [0, 0.05) is 13.7 Å². The van der Waals surface area contributed by atoms with Crippen LogP contribution in [-0.2, 0) is 9.53 Å². The lowest BCUT2D eigenvalue weighted by atomic mass is 9.79. The molecule has 0 spiro atoms. The van der Waals surface area contributed by atoms with Gasteiger partial charge < -0.3 is 15.8 Å². The van der Waals surface area contributed by atoms with Crippen LogP contribution < -0.4 is 11.1 Å². The Labute approximate surface area is 97.9 Å². The highest BCUT2D eigenvalue weighted by Crippen LogP contribution is 2.34. The first-order valence-electron chi connectivity index (χ1n) is 6.08. The van der Waals surface area contributed by atoms with E-state index < -0.39 is 5.54 Å². The van der Waals surface area contributed by atoms with Crippen molar-refractivity contribution in [2.45, 2.75) is 57.1 Å². The zero-order valence-corrected chi connectivity index (χ0v) is 10.6. The lowest BCUT2D eigenvalue weighted by molar-refractivity contribution is -0.129. The van der Waals surface area contributed by atoms with Crippen molar-refractivity contribution in [3.8, 4) is 0 Å². The van der Waals surface area contributed by atoms with E-state index in [2.05, 4.69) is 5.32 Å². The van der Waals surface area contributed by atoms with Crippen LogP contribution in [0.1, 0.15) is 46.0 Å². The van der Waals surface area contributed by atoms with E-state index in [0.29, 0.717) is 13.0 Å². The largest absolute Gasteiger partial charge is 0.376 e. The van der Waals surface area contributed by atoms with Gasteiger partial charge in [-0.15, -0.1) is 0 Å². The Morgan fingerprint density at radius 3 is 2.56 bits per heavy atom. The number of carbonyl (C=O) groups is 1. The molecular formula is C12H24N2O2. The van der Waals surface area contributed by atoms with Gasteiger partial charge in [0.25, 0.3) is 0 Å². The summed E-state index contributed by atoms with van der Waals surface area (Å²) in [5.41, 5.74) is 5.06. The fraction of sp³-hybridized carbons (Fsp3) is 0.917. The van der Waals surface area contributed by atoms with Crippen molar-refractivity contribution in [3.05, 3.63) is 0 Å².